The van der Waals surface area contributed by atoms with Gasteiger partial charge in [-0.2, -0.15) is 0 Å². The van der Waals surface area contributed by atoms with Crippen LogP contribution in [0.15, 0.2) is 23.7 Å². The van der Waals surface area contributed by atoms with E-state index in [1.807, 2.05) is 0 Å². The van der Waals surface area contributed by atoms with Gasteiger partial charge in [0.2, 0.25) is 0 Å². The van der Waals surface area contributed by atoms with Crippen LogP contribution in [-0.2, 0) is 14.3 Å². The minimum Gasteiger partial charge on any atom is -0.873 e. The summed E-state index contributed by atoms with van der Waals surface area (Å²) in [4.78, 5) is 21.5. The molecule has 0 aliphatic heterocycles. The molecule has 0 saturated heterocycles. The molecular formula is C10H12Na2O5. The second-order valence-electron chi connectivity index (χ2n) is 2.76. The fourth-order valence-electron chi connectivity index (χ4n) is 0.773. The first-order chi connectivity index (χ1) is 7.01. The molecule has 0 bridgehead atoms. The molecule has 0 aromatic heterocycles. The standard InChI is InChI=1S/C10H14O5.2Na/c1-3-4-7(11)5-8(12)9(13)6-10(14)15-2;;/h5-6,12-13H,3-4H2,1-2H3;;/q;2*+1/p-2. The number of carbonyl (C=O) groups is 2. The zero-order chi connectivity index (χ0) is 11.8. The Morgan fingerprint density at radius 2 is 1.59 bits per heavy atom. The van der Waals surface area contributed by atoms with Crippen molar-refractivity contribution in [2.24, 2.45) is 0 Å². The number of allylic oxidation sites excluding steroid dienone is 1. The Hall–Kier alpha value is 0.220. The van der Waals surface area contributed by atoms with Gasteiger partial charge in [0, 0.05) is 12.5 Å². The average Bonchev–Trinajstić information content (AvgIpc) is 2.17. The molecule has 0 rings (SSSR count). The maximum Gasteiger partial charge on any atom is 1.00 e. The number of hydrogen-bond acceptors (Lipinski definition) is 5. The number of methoxy groups -OCH3 is 1. The fraction of sp³-hybridized carbons (Fsp3) is 0.400. The largest absolute Gasteiger partial charge is 1.00 e. The molecule has 0 saturated carbocycles. The molecule has 0 fully saturated rings. The van der Waals surface area contributed by atoms with E-state index in [0.29, 0.717) is 18.6 Å². The summed E-state index contributed by atoms with van der Waals surface area (Å²) in [6, 6.07) is 0. The van der Waals surface area contributed by atoms with Gasteiger partial charge in [-0.15, -0.1) is 11.5 Å². The summed E-state index contributed by atoms with van der Waals surface area (Å²) >= 11 is 0. The van der Waals surface area contributed by atoms with Crippen molar-refractivity contribution >= 4 is 11.8 Å². The van der Waals surface area contributed by atoms with E-state index >= 15 is 0 Å². The molecule has 0 unspecified atom stereocenters. The van der Waals surface area contributed by atoms with Crippen LogP contribution in [0.1, 0.15) is 19.8 Å². The maximum absolute atomic E-state index is 11.0. The van der Waals surface area contributed by atoms with Crippen LogP contribution < -0.4 is 69.3 Å². The summed E-state index contributed by atoms with van der Waals surface area (Å²) in [5, 5.41) is 22.0. The van der Waals surface area contributed by atoms with Gasteiger partial charge in [0.05, 0.1) is 7.11 Å². The predicted octanol–water partition coefficient (Wildman–Crippen LogP) is -6.98. The van der Waals surface area contributed by atoms with Gasteiger partial charge in [0.25, 0.3) is 0 Å². The molecule has 0 aromatic carbocycles. The monoisotopic (exact) mass is 258 g/mol. The van der Waals surface area contributed by atoms with Crippen LogP contribution in [0, 0.1) is 0 Å². The molecule has 0 heterocycles. The average molecular weight is 258 g/mol. The van der Waals surface area contributed by atoms with Crippen molar-refractivity contribution in [1.82, 2.24) is 0 Å². The smallest absolute Gasteiger partial charge is 0.873 e. The third-order valence-corrected chi connectivity index (χ3v) is 1.48. The molecule has 0 aliphatic carbocycles. The Morgan fingerprint density at radius 3 is 2.00 bits per heavy atom. The topological polar surface area (TPSA) is 89.5 Å². The normalized spacial score (nSPS) is 10.9. The number of carbonyl (C=O) groups excluding carboxylic acids is 2. The second kappa shape index (κ2) is 12.7. The van der Waals surface area contributed by atoms with Crippen LogP contribution in [0.5, 0.6) is 0 Å². The van der Waals surface area contributed by atoms with Crippen molar-refractivity contribution in [3.05, 3.63) is 23.7 Å². The summed E-state index contributed by atoms with van der Waals surface area (Å²) < 4.78 is 4.16. The third kappa shape index (κ3) is 11.1. The van der Waals surface area contributed by atoms with Crippen LogP contribution in [0.3, 0.4) is 0 Å². The molecule has 5 nitrogen and oxygen atoms in total. The van der Waals surface area contributed by atoms with Gasteiger partial charge in [-0.25, -0.2) is 4.79 Å². The molecule has 0 aliphatic rings. The van der Waals surface area contributed by atoms with Crippen molar-refractivity contribution < 1.29 is 83.7 Å². The number of ether oxygens (including phenoxy) is 1. The van der Waals surface area contributed by atoms with E-state index in [1.54, 1.807) is 6.92 Å². The van der Waals surface area contributed by atoms with E-state index in [2.05, 4.69) is 4.74 Å². The summed E-state index contributed by atoms with van der Waals surface area (Å²) in [7, 11) is 1.09. The molecule has 7 heteroatoms. The van der Waals surface area contributed by atoms with E-state index in [4.69, 9.17) is 0 Å². The van der Waals surface area contributed by atoms with E-state index in [-0.39, 0.29) is 65.5 Å². The van der Waals surface area contributed by atoms with Crippen molar-refractivity contribution in [3.8, 4) is 0 Å². The predicted molar refractivity (Wildman–Crippen MR) is 48.1 cm³/mol. The Balaban J connectivity index is -0.000000980. The Labute approximate surface area is 144 Å². The summed E-state index contributed by atoms with van der Waals surface area (Å²) in [5.41, 5.74) is 0. The zero-order valence-electron chi connectivity index (χ0n) is 10.6. The van der Waals surface area contributed by atoms with Gasteiger partial charge in [-0.05, 0) is 12.5 Å². The molecule has 84 valence electrons. The minimum absolute atomic E-state index is 0. The first-order valence-corrected chi connectivity index (χ1v) is 4.39. The van der Waals surface area contributed by atoms with Gasteiger partial charge >= 0.3 is 65.1 Å². The molecule has 0 spiro atoms. The number of esters is 1. The van der Waals surface area contributed by atoms with Crippen molar-refractivity contribution in [2.75, 3.05) is 7.11 Å². The molecule has 0 N–H and O–H groups in total. The van der Waals surface area contributed by atoms with E-state index < -0.39 is 23.3 Å². The van der Waals surface area contributed by atoms with Crippen LogP contribution in [0.25, 0.3) is 0 Å². The van der Waals surface area contributed by atoms with Gasteiger partial charge in [-0.1, -0.05) is 6.92 Å². The maximum atomic E-state index is 11.0. The molecule has 0 atom stereocenters. The van der Waals surface area contributed by atoms with Crippen LogP contribution in [0.4, 0.5) is 0 Å². The first kappa shape index (κ1) is 22.4. The Morgan fingerprint density at radius 1 is 1.12 bits per heavy atom. The SMILES string of the molecule is CCCC(=O)C=C([O-])C([O-])=CC(=O)OC.[Na+].[Na+]. The summed E-state index contributed by atoms with van der Waals surface area (Å²) in [6.45, 7) is 1.78. The number of ketones is 1. The van der Waals surface area contributed by atoms with Crippen molar-refractivity contribution in [2.45, 2.75) is 19.8 Å². The number of hydrogen-bond donors (Lipinski definition) is 0. The Bertz CT molecular complexity index is 310. The molecule has 0 radical (unpaired) electrons. The molecular weight excluding hydrogens is 246 g/mol. The fourth-order valence-corrected chi connectivity index (χ4v) is 0.773. The summed E-state index contributed by atoms with van der Waals surface area (Å²) in [5.74, 6) is -3.39. The van der Waals surface area contributed by atoms with Gasteiger partial charge in [-0.3, -0.25) is 4.79 Å². The minimum atomic E-state index is -1.05. The third-order valence-electron chi connectivity index (χ3n) is 1.48. The Kier molecular flexibility index (Phi) is 16.7. The van der Waals surface area contributed by atoms with Crippen LogP contribution in [-0.4, -0.2) is 18.9 Å². The van der Waals surface area contributed by atoms with Crippen LogP contribution in [0.2, 0.25) is 0 Å². The van der Waals surface area contributed by atoms with E-state index in [1.165, 1.54) is 0 Å². The summed E-state index contributed by atoms with van der Waals surface area (Å²) in [6.07, 6.45) is 2.01. The van der Waals surface area contributed by atoms with Crippen molar-refractivity contribution in [3.63, 3.8) is 0 Å². The van der Waals surface area contributed by atoms with E-state index in [9.17, 15) is 19.8 Å². The van der Waals surface area contributed by atoms with Gasteiger partial charge < -0.3 is 14.9 Å². The molecule has 17 heavy (non-hydrogen) atoms. The van der Waals surface area contributed by atoms with Gasteiger partial charge in [0.1, 0.15) is 0 Å². The van der Waals surface area contributed by atoms with E-state index in [0.717, 1.165) is 7.11 Å². The molecule has 0 aromatic rings. The number of rotatable bonds is 5. The van der Waals surface area contributed by atoms with Crippen LogP contribution >= 0.6 is 0 Å². The zero-order valence-corrected chi connectivity index (χ0v) is 14.6. The molecule has 0 amide bonds. The van der Waals surface area contributed by atoms with Gasteiger partial charge in [0.15, 0.2) is 5.78 Å². The first-order valence-electron chi connectivity index (χ1n) is 4.39. The quantitative estimate of drug-likeness (QED) is 0.161. The van der Waals surface area contributed by atoms with Crippen molar-refractivity contribution in [1.29, 1.82) is 0 Å². The second-order valence-corrected chi connectivity index (χ2v) is 2.76.